The van der Waals surface area contributed by atoms with E-state index in [-0.39, 0.29) is 37.5 Å². The van der Waals surface area contributed by atoms with E-state index in [4.69, 9.17) is 0 Å². The summed E-state index contributed by atoms with van der Waals surface area (Å²) in [6, 6.07) is 10.4. The summed E-state index contributed by atoms with van der Waals surface area (Å²) in [7, 11) is 0. The molecule has 142 valence electrons. The number of hydrogen-bond donors (Lipinski definition) is 1. The quantitative estimate of drug-likeness (QED) is 0.520. The molecule has 1 N–H and O–H groups in total. The van der Waals surface area contributed by atoms with Crippen molar-refractivity contribution in [3.8, 4) is 0 Å². The molecule has 0 bridgehead atoms. The molecular formula is C25H31OZr-. The zero-order valence-corrected chi connectivity index (χ0v) is 19.1. The van der Waals surface area contributed by atoms with Gasteiger partial charge in [0.1, 0.15) is 0 Å². The molecule has 27 heavy (non-hydrogen) atoms. The van der Waals surface area contributed by atoms with Crippen LogP contribution in [-0.2, 0) is 26.2 Å². The fourth-order valence-corrected chi connectivity index (χ4v) is 3.21. The van der Waals surface area contributed by atoms with Crippen LogP contribution < -0.4 is 0 Å². The summed E-state index contributed by atoms with van der Waals surface area (Å²) >= 11 is 0. The molecule has 4 rings (SSSR count). The van der Waals surface area contributed by atoms with Gasteiger partial charge in [0.05, 0.1) is 0 Å². The maximum atomic E-state index is 10.1. The second kappa shape index (κ2) is 13.3. The average molecular weight is 439 g/mol. The Morgan fingerprint density at radius 1 is 0.778 bits per heavy atom. The molecule has 0 heterocycles. The third-order valence-electron chi connectivity index (χ3n) is 4.92. The molecule has 0 saturated heterocycles. The van der Waals surface area contributed by atoms with Crippen LogP contribution in [0.3, 0.4) is 0 Å². The Morgan fingerprint density at radius 3 is 1.52 bits per heavy atom. The number of hydrogen-bond acceptors (Lipinski definition) is 1. The van der Waals surface area contributed by atoms with Gasteiger partial charge in [-0.3, -0.25) is 0 Å². The van der Waals surface area contributed by atoms with Gasteiger partial charge in [-0.05, 0) is 69.6 Å². The first-order valence-corrected chi connectivity index (χ1v) is 9.41. The van der Waals surface area contributed by atoms with Gasteiger partial charge in [0, 0.05) is 26.2 Å². The van der Waals surface area contributed by atoms with Crippen molar-refractivity contribution in [2.24, 2.45) is 11.3 Å². The zero-order valence-electron chi connectivity index (χ0n) is 16.7. The Kier molecular flexibility index (Phi) is 12.4. The largest absolute Gasteiger partial charge is 0.562 e. The van der Waals surface area contributed by atoms with Crippen LogP contribution in [0, 0.1) is 81.6 Å². The second-order valence-electron chi connectivity index (χ2n) is 7.88. The molecule has 0 unspecified atom stereocenters. The molecule has 10 radical (unpaired) electrons. The molecule has 2 heteroatoms. The van der Waals surface area contributed by atoms with E-state index in [0.717, 1.165) is 12.8 Å². The monoisotopic (exact) mass is 437 g/mol. The van der Waals surface area contributed by atoms with Gasteiger partial charge in [-0.1, -0.05) is 69.0 Å². The molecule has 0 spiro atoms. The third-order valence-corrected chi connectivity index (χ3v) is 4.92. The summed E-state index contributed by atoms with van der Waals surface area (Å²) in [5, 5.41) is 10.1. The first-order valence-electron chi connectivity index (χ1n) is 9.41. The van der Waals surface area contributed by atoms with Gasteiger partial charge in [0.2, 0.25) is 0 Å². The van der Waals surface area contributed by atoms with E-state index in [1.54, 1.807) is 0 Å². The Bertz CT molecular complexity index is 446. The van der Waals surface area contributed by atoms with Gasteiger partial charge < -0.3 is 5.11 Å². The number of rotatable bonds is 1. The summed E-state index contributed by atoms with van der Waals surface area (Å²) in [5.74, 6) is 0.850. The predicted octanol–water partition coefficient (Wildman–Crippen LogP) is 6.17. The van der Waals surface area contributed by atoms with Crippen LogP contribution >= 0.6 is 0 Å². The van der Waals surface area contributed by atoms with Crippen molar-refractivity contribution in [3.63, 3.8) is 0 Å². The number of aliphatic hydroxyl groups excluding tert-OH is 1. The van der Waals surface area contributed by atoms with Crippen molar-refractivity contribution in [2.45, 2.75) is 39.5 Å². The van der Waals surface area contributed by atoms with Crippen molar-refractivity contribution in [1.82, 2.24) is 0 Å². The SMILES string of the molecule is CC(C)(C)[C@@H]1C[C-](O)[C@@H](c2ccccc2)C1.[CH]1[CH][CH][CH][CH]1.[CH]1[CH][CH][CH][CH]1.[Zr]. The Labute approximate surface area is 187 Å². The van der Waals surface area contributed by atoms with Gasteiger partial charge in [-0.2, -0.15) is 12.5 Å². The summed E-state index contributed by atoms with van der Waals surface area (Å²) in [6.45, 7) is 6.79. The Morgan fingerprint density at radius 2 is 1.19 bits per heavy atom. The topological polar surface area (TPSA) is 20.2 Å². The standard InChI is InChI=1S/C15H21O.2C5H5.Zr/c1-15(2,3)12-9-13(14(16)10-12)11-7-5-4-6-8-11;2*1-2-4-5-3-1;/h4-8,12-13,16H,9-10H2,1-3H3;2*1-5H;/q-1;;;/t12-,13+;;;/m0.../s1. The summed E-state index contributed by atoms with van der Waals surface area (Å²) in [5.41, 5.74) is 1.55. The smallest absolute Gasteiger partial charge is 0 e. The van der Waals surface area contributed by atoms with Gasteiger partial charge in [0.25, 0.3) is 0 Å². The molecule has 3 saturated carbocycles. The van der Waals surface area contributed by atoms with Crippen LogP contribution in [0.4, 0.5) is 0 Å². The van der Waals surface area contributed by atoms with Gasteiger partial charge in [-0.15, -0.1) is 5.92 Å². The summed E-state index contributed by atoms with van der Waals surface area (Å²) in [6.07, 6.45) is 22.6. The molecule has 1 aromatic carbocycles. The van der Waals surface area contributed by atoms with E-state index in [2.05, 4.69) is 32.9 Å². The molecule has 3 aliphatic rings. The molecule has 0 aromatic heterocycles. The van der Waals surface area contributed by atoms with E-state index in [1.165, 1.54) is 5.56 Å². The van der Waals surface area contributed by atoms with Crippen LogP contribution in [0.25, 0.3) is 0 Å². The van der Waals surface area contributed by atoms with Crippen molar-refractivity contribution in [2.75, 3.05) is 0 Å². The van der Waals surface area contributed by atoms with Crippen molar-refractivity contribution in [1.29, 1.82) is 0 Å². The molecule has 3 aliphatic carbocycles. The van der Waals surface area contributed by atoms with Gasteiger partial charge in [0.15, 0.2) is 0 Å². The Hall–Kier alpha value is 0.0631. The molecule has 2 atom stereocenters. The van der Waals surface area contributed by atoms with E-state index in [1.807, 2.05) is 82.4 Å². The third kappa shape index (κ3) is 9.40. The van der Waals surface area contributed by atoms with Gasteiger partial charge >= 0.3 is 0 Å². The van der Waals surface area contributed by atoms with Crippen molar-refractivity contribution >= 4 is 0 Å². The minimum atomic E-state index is 0. The molecule has 1 aromatic rings. The van der Waals surface area contributed by atoms with Crippen LogP contribution in [-0.4, -0.2) is 5.11 Å². The second-order valence-corrected chi connectivity index (χ2v) is 7.88. The normalized spacial score (nSPS) is 25.0. The maximum absolute atomic E-state index is 10.1. The van der Waals surface area contributed by atoms with Crippen LogP contribution in [0.15, 0.2) is 30.3 Å². The first-order chi connectivity index (χ1) is 12.5. The number of benzene rings is 1. The fourth-order valence-electron chi connectivity index (χ4n) is 3.21. The first kappa shape index (κ1) is 25.1. The minimum Gasteiger partial charge on any atom is -0.562 e. The average Bonchev–Trinajstić information content (AvgIpc) is 3.39. The predicted molar refractivity (Wildman–Crippen MR) is 110 cm³/mol. The van der Waals surface area contributed by atoms with E-state index < -0.39 is 0 Å². The van der Waals surface area contributed by atoms with Crippen molar-refractivity contribution < 1.29 is 31.3 Å². The summed E-state index contributed by atoms with van der Waals surface area (Å²) < 4.78 is 0. The molecule has 0 aliphatic heterocycles. The number of aliphatic hydroxyl groups is 1. The fraction of sp³-hybridized carbons (Fsp3) is 0.320. The van der Waals surface area contributed by atoms with Crippen LogP contribution in [0.2, 0.25) is 0 Å². The van der Waals surface area contributed by atoms with E-state index in [9.17, 15) is 5.11 Å². The van der Waals surface area contributed by atoms with Crippen molar-refractivity contribution in [3.05, 3.63) is 106 Å². The van der Waals surface area contributed by atoms with E-state index >= 15 is 0 Å². The summed E-state index contributed by atoms with van der Waals surface area (Å²) in [4.78, 5) is 0. The molecular weight excluding hydrogens is 407 g/mol. The van der Waals surface area contributed by atoms with Crippen LogP contribution in [0.5, 0.6) is 0 Å². The molecule has 0 amide bonds. The van der Waals surface area contributed by atoms with Crippen LogP contribution in [0.1, 0.15) is 45.1 Å². The minimum absolute atomic E-state index is 0. The Balaban J connectivity index is 0.000000270. The molecule has 1 nitrogen and oxygen atoms in total. The maximum Gasteiger partial charge on any atom is 0 e. The molecule has 3 fully saturated rings. The van der Waals surface area contributed by atoms with E-state index in [0.29, 0.717) is 12.0 Å². The zero-order chi connectivity index (χ0) is 18.8. The van der Waals surface area contributed by atoms with Gasteiger partial charge in [-0.25, -0.2) is 0 Å².